The van der Waals surface area contributed by atoms with Gasteiger partial charge in [-0.1, -0.05) is 0 Å². The van der Waals surface area contributed by atoms with Crippen molar-refractivity contribution < 1.29 is 14.2 Å². The lowest BCUT2D eigenvalue weighted by atomic mass is 10.1. The molecule has 1 aliphatic heterocycles. The Kier molecular flexibility index (Phi) is 4.81. The van der Waals surface area contributed by atoms with Crippen LogP contribution in [0.4, 0.5) is 10.1 Å². The molecule has 10 heteroatoms. The zero-order valence-electron chi connectivity index (χ0n) is 18.3. The van der Waals surface area contributed by atoms with Gasteiger partial charge in [0.1, 0.15) is 5.52 Å². The first kappa shape index (κ1) is 20.4. The number of phenols is 1. The number of piperazine rings is 1. The van der Waals surface area contributed by atoms with Crippen molar-refractivity contribution in [2.75, 3.05) is 25.1 Å². The molecule has 1 aromatic carbocycles. The van der Waals surface area contributed by atoms with E-state index in [0.29, 0.717) is 34.4 Å². The van der Waals surface area contributed by atoms with Crippen LogP contribution in [0.15, 0.2) is 24.5 Å². The third kappa shape index (κ3) is 3.36. The molecule has 0 aliphatic carbocycles. The van der Waals surface area contributed by atoms with Crippen LogP contribution in [0.25, 0.3) is 33.3 Å². The molecule has 1 aliphatic rings. The lowest BCUT2D eigenvalue weighted by Gasteiger charge is -2.37. The Hall–Kier alpha value is -3.53. The monoisotopic (exact) mass is 437 g/mol. The minimum absolute atomic E-state index is 0.0868. The van der Waals surface area contributed by atoms with E-state index in [1.165, 1.54) is 11.8 Å². The molecule has 0 saturated carbocycles. The highest BCUT2D eigenvalue weighted by molar-refractivity contribution is 5.90. The number of pyridine rings is 1. The van der Waals surface area contributed by atoms with Gasteiger partial charge in [0.05, 0.1) is 29.9 Å². The average Bonchev–Trinajstić information content (AvgIpc) is 3.15. The van der Waals surface area contributed by atoms with E-state index in [2.05, 4.69) is 44.1 Å². The number of aryl methyl sites for hydroxylation is 1. The number of aromatic hydroxyl groups is 1. The molecular weight excluding hydrogens is 413 g/mol. The maximum absolute atomic E-state index is 14.7. The molecule has 0 amide bonds. The lowest BCUT2D eigenvalue weighted by Crippen LogP contribution is -2.54. The number of ether oxygens (including phenoxy) is 1. The van der Waals surface area contributed by atoms with Gasteiger partial charge >= 0.3 is 0 Å². The summed E-state index contributed by atoms with van der Waals surface area (Å²) >= 11 is 0. The third-order valence-electron chi connectivity index (χ3n) is 5.69. The molecule has 2 N–H and O–H groups in total. The van der Waals surface area contributed by atoms with Crippen molar-refractivity contribution in [1.29, 1.82) is 0 Å². The number of hydrogen-bond donors (Lipinski definition) is 2. The summed E-state index contributed by atoms with van der Waals surface area (Å²) in [5, 5.41) is 19.2. The Balaban J connectivity index is 1.62. The number of rotatable bonds is 3. The fraction of sp³-hybridized carbons (Fsp3) is 0.364. The van der Waals surface area contributed by atoms with E-state index in [1.807, 2.05) is 6.07 Å². The molecule has 0 unspecified atom stereocenters. The van der Waals surface area contributed by atoms with E-state index < -0.39 is 11.6 Å². The van der Waals surface area contributed by atoms with Crippen LogP contribution in [-0.4, -0.2) is 62.1 Å². The summed E-state index contributed by atoms with van der Waals surface area (Å²) in [5.41, 5.74) is 1.60. The van der Waals surface area contributed by atoms with Crippen molar-refractivity contribution in [3.05, 3.63) is 30.3 Å². The average molecular weight is 437 g/mol. The van der Waals surface area contributed by atoms with Crippen LogP contribution < -0.4 is 15.0 Å². The van der Waals surface area contributed by atoms with E-state index >= 15 is 0 Å². The Morgan fingerprint density at radius 2 is 1.94 bits per heavy atom. The first-order chi connectivity index (χ1) is 15.3. The molecule has 2 atom stereocenters. The normalized spacial score (nSPS) is 19.1. The van der Waals surface area contributed by atoms with Crippen LogP contribution in [0.2, 0.25) is 0 Å². The Bertz CT molecular complexity index is 1330. The van der Waals surface area contributed by atoms with Gasteiger partial charge in [0.25, 0.3) is 0 Å². The second-order valence-electron chi connectivity index (χ2n) is 8.32. The van der Waals surface area contributed by atoms with Crippen molar-refractivity contribution in [3.8, 4) is 23.0 Å². The second kappa shape index (κ2) is 7.56. The number of fused-ring (bicyclic) bond motifs is 2. The van der Waals surface area contributed by atoms with Crippen LogP contribution >= 0.6 is 0 Å². The highest BCUT2D eigenvalue weighted by Gasteiger charge is 2.24. The number of halogens is 1. The largest absolute Gasteiger partial charge is 0.504 e. The maximum atomic E-state index is 14.7. The van der Waals surface area contributed by atoms with Crippen molar-refractivity contribution in [1.82, 2.24) is 30.0 Å². The highest BCUT2D eigenvalue weighted by Crippen LogP contribution is 2.36. The minimum atomic E-state index is -0.814. The molecule has 0 spiro atoms. The van der Waals surface area contributed by atoms with Crippen LogP contribution in [0.1, 0.15) is 13.8 Å². The Labute approximate surface area is 183 Å². The second-order valence-corrected chi connectivity index (χ2v) is 8.32. The van der Waals surface area contributed by atoms with Gasteiger partial charge in [-0.25, -0.2) is 14.4 Å². The fourth-order valence-corrected chi connectivity index (χ4v) is 4.37. The van der Waals surface area contributed by atoms with Gasteiger partial charge in [-0.3, -0.25) is 4.68 Å². The zero-order chi connectivity index (χ0) is 22.6. The molecule has 0 radical (unpaired) electrons. The smallest absolute Gasteiger partial charge is 0.226 e. The summed E-state index contributed by atoms with van der Waals surface area (Å²) in [7, 11) is 3.20. The molecule has 3 aromatic heterocycles. The van der Waals surface area contributed by atoms with Crippen LogP contribution in [-0.2, 0) is 7.05 Å². The molecule has 9 nitrogen and oxygen atoms in total. The topological polar surface area (TPSA) is 101 Å². The van der Waals surface area contributed by atoms with Gasteiger partial charge in [0.2, 0.25) is 5.88 Å². The molecule has 32 heavy (non-hydrogen) atoms. The van der Waals surface area contributed by atoms with Gasteiger partial charge in [-0.05, 0) is 26.0 Å². The number of nitrogens with one attached hydrogen (secondary N) is 1. The molecule has 0 bridgehead atoms. The first-order valence-electron chi connectivity index (χ1n) is 10.4. The number of nitrogens with zero attached hydrogens (tertiary/aromatic N) is 6. The van der Waals surface area contributed by atoms with E-state index in [9.17, 15) is 9.50 Å². The van der Waals surface area contributed by atoms with Gasteiger partial charge < -0.3 is 20.1 Å². The molecule has 1 fully saturated rings. The molecule has 4 heterocycles. The molecule has 1 saturated heterocycles. The Morgan fingerprint density at radius 3 is 2.66 bits per heavy atom. The number of anilines is 1. The summed E-state index contributed by atoms with van der Waals surface area (Å²) in [6.45, 7) is 6.02. The maximum Gasteiger partial charge on any atom is 0.226 e. The van der Waals surface area contributed by atoms with Crippen molar-refractivity contribution in [3.63, 3.8) is 0 Å². The number of benzene rings is 1. The van der Waals surface area contributed by atoms with Crippen molar-refractivity contribution in [2.24, 2.45) is 7.05 Å². The predicted octanol–water partition coefficient (Wildman–Crippen LogP) is 2.62. The van der Waals surface area contributed by atoms with E-state index in [0.717, 1.165) is 18.8 Å². The number of aromatic nitrogens is 5. The summed E-state index contributed by atoms with van der Waals surface area (Å²) in [6.07, 6.45) is 3.44. The van der Waals surface area contributed by atoms with Gasteiger partial charge in [0, 0.05) is 43.8 Å². The summed E-state index contributed by atoms with van der Waals surface area (Å²) < 4.78 is 21.7. The van der Waals surface area contributed by atoms with Crippen LogP contribution in [0.5, 0.6) is 11.6 Å². The van der Waals surface area contributed by atoms with Crippen molar-refractivity contribution in [2.45, 2.75) is 25.9 Å². The number of phenolic OH excluding ortho intramolecular Hbond substituents is 1. The van der Waals surface area contributed by atoms with E-state index in [4.69, 9.17) is 4.74 Å². The first-order valence-corrected chi connectivity index (χ1v) is 10.4. The highest BCUT2D eigenvalue weighted by atomic mass is 19.1. The molecule has 4 aromatic rings. The molecular formula is C22H24FN7O2. The quantitative estimate of drug-likeness (QED) is 0.505. The predicted molar refractivity (Wildman–Crippen MR) is 119 cm³/mol. The minimum Gasteiger partial charge on any atom is -0.504 e. The van der Waals surface area contributed by atoms with E-state index in [1.54, 1.807) is 25.5 Å². The van der Waals surface area contributed by atoms with Gasteiger partial charge in [0.15, 0.2) is 23.0 Å². The lowest BCUT2D eigenvalue weighted by molar-refractivity contribution is 0.402. The van der Waals surface area contributed by atoms with Crippen molar-refractivity contribution >= 4 is 27.6 Å². The zero-order valence-corrected chi connectivity index (χ0v) is 18.3. The number of hydrogen-bond acceptors (Lipinski definition) is 8. The van der Waals surface area contributed by atoms with Crippen LogP contribution in [0.3, 0.4) is 0 Å². The molecule has 166 valence electrons. The van der Waals surface area contributed by atoms with Gasteiger partial charge in [-0.15, -0.1) is 0 Å². The fourth-order valence-electron chi connectivity index (χ4n) is 4.37. The van der Waals surface area contributed by atoms with E-state index in [-0.39, 0.29) is 16.9 Å². The summed E-state index contributed by atoms with van der Waals surface area (Å²) in [6, 6.07) is 4.28. The standard InChI is InChI=1S/C22H24FN7O2/c1-11-8-30(9-12(2)25-11)14-6-16-20(24-7-14)26-21(27-22(16)32-4)15-5-13-10-29(3)28-18(13)17(23)19(15)31/h5-7,10-12,25,31H,8-9H2,1-4H3/t11-,12-/m1/s1. The molecule has 5 rings (SSSR count). The third-order valence-corrected chi connectivity index (χ3v) is 5.69. The SMILES string of the molecule is COc1nc(-c2cc3cn(C)nc3c(F)c2O)nc2ncc(N3C[C@@H](C)N[C@H](C)C3)cc12. The van der Waals surface area contributed by atoms with Crippen LogP contribution in [0, 0.1) is 5.82 Å². The van der Waals surface area contributed by atoms with Gasteiger partial charge in [-0.2, -0.15) is 10.1 Å². The number of methoxy groups -OCH3 is 1. The summed E-state index contributed by atoms with van der Waals surface area (Å²) in [5.74, 6) is -0.938. The Morgan fingerprint density at radius 1 is 1.19 bits per heavy atom. The summed E-state index contributed by atoms with van der Waals surface area (Å²) in [4.78, 5) is 15.8.